The summed E-state index contributed by atoms with van der Waals surface area (Å²) in [7, 11) is 0. The Morgan fingerprint density at radius 3 is 2.50 bits per heavy atom. The summed E-state index contributed by atoms with van der Waals surface area (Å²) in [5.74, 6) is -0.254. The summed E-state index contributed by atoms with van der Waals surface area (Å²) in [5, 5.41) is 14.6. The molecule has 1 atom stereocenters. The number of hydrogen-bond donors (Lipinski definition) is 1. The van der Waals surface area contributed by atoms with Crippen LogP contribution in [-0.4, -0.2) is 39.0 Å². The van der Waals surface area contributed by atoms with Gasteiger partial charge in [0.1, 0.15) is 5.82 Å². The van der Waals surface area contributed by atoms with Crippen molar-refractivity contribution in [1.82, 2.24) is 14.7 Å². The van der Waals surface area contributed by atoms with Crippen LogP contribution in [0.25, 0.3) is 16.9 Å². The first-order chi connectivity index (χ1) is 12.6. The molecule has 134 valence electrons. The summed E-state index contributed by atoms with van der Waals surface area (Å²) in [6, 6.07) is 14.7. The molecular formula is C21H22FN3O. The third-order valence-corrected chi connectivity index (χ3v) is 4.85. The number of aliphatic hydroxyl groups excluding tert-OH is 1. The number of nitrogens with zero attached hydrogens (tertiary/aromatic N) is 3. The van der Waals surface area contributed by atoms with Crippen LogP contribution in [0.15, 0.2) is 54.7 Å². The van der Waals surface area contributed by atoms with Crippen molar-refractivity contribution in [1.29, 1.82) is 0 Å². The molecule has 1 aromatic heterocycles. The van der Waals surface area contributed by atoms with Crippen LogP contribution < -0.4 is 0 Å². The molecule has 1 aliphatic rings. The zero-order chi connectivity index (χ0) is 18.1. The Morgan fingerprint density at radius 2 is 1.85 bits per heavy atom. The van der Waals surface area contributed by atoms with E-state index in [-0.39, 0.29) is 11.9 Å². The molecule has 0 spiro atoms. The van der Waals surface area contributed by atoms with E-state index in [2.05, 4.69) is 24.0 Å². The SMILES string of the molecule is Cc1ccc(-n2cc(CN3CC[C@@H](O)C3)c(-c3ccc(F)cc3)n2)cc1. The molecular weight excluding hydrogens is 329 g/mol. The number of aromatic nitrogens is 2. The quantitative estimate of drug-likeness (QED) is 0.781. The minimum absolute atomic E-state index is 0.253. The lowest BCUT2D eigenvalue weighted by Crippen LogP contribution is -2.21. The molecule has 3 aromatic rings. The van der Waals surface area contributed by atoms with Gasteiger partial charge in [0, 0.05) is 37.0 Å². The fourth-order valence-electron chi connectivity index (χ4n) is 3.40. The van der Waals surface area contributed by atoms with E-state index in [4.69, 9.17) is 5.10 Å². The first kappa shape index (κ1) is 16.9. The summed E-state index contributed by atoms with van der Waals surface area (Å²) in [6.07, 6.45) is 2.59. The lowest BCUT2D eigenvalue weighted by molar-refractivity contribution is 0.175. The molecule has 2 heterocycles. The highest BCUT2D eigenvalue weighted by molar-refractivity contribution is 5.63. The number of benzene rings is 2. The molecule has 4 rings (SSSR count). The molecule has 0 aliphatic carbocycles. The van der Waals surface area contributed by atoms with Crippen molar-refractivity contribution < 1.29 is 9.50 Å². The highest BCUT2D eigenvalue weighted by Gasteiger charge is 2.22. The molecule has 0 saturated carbocycles. The minimum atomic E-state index is -0.254. The van der Waals surface area contributed by atoms with Gasteiger partial charge in [0.25, 0.3) is 0 Å². The molecule has 1 saturated heterocycles. The predicted octanol–water partition coefficient (Wildman–Crippen LogP) is 3.55. The van der Waals surface area contributed by atoms with E-state index in [1.54, 1.807) is 12.1 Å². The number of halogens is 1. The van der Waals surface area contributed by atoms with Gasteiger partial charge in [0.2, 0.25) is 0 Å². The molecule has 0 unspecified atom stereocenters. The fraction of sp³-hybridized carbons (Fsp3) is 0.286. The second-order valence-electron chi connectivity index (χ2n) is 6.97. The Morgan fingerprint density at radius 1 is 1.12 bits per heavy atom. The molecule has 1 aliphatic heterocycles. The zero-order valence-corrected chi connectivity index (χ0v) is 14.8. The molecule has 4 nitrogen and oxygen atoms in total. The summed E-state index contributed by atoms with van der Waals surface area (Å²) in [6.45, 7) is 4.33. The molecule has 0 amide bonds. The van der Waals surface area contributed by atoms with Crippen LogP contribution in [0.3, 0.4) is 0 Å². The molecule has 0 radical (unpaired) electrons. The number of aryl methyl sites for hydroxylation is 1. The van der Waals surface area contributed by atoms with E-state index in [0.29, 0.717) is 6.54 Å². The van der Waals surface area contributed by atoms with Gasteiger partial charge in [-0.1, -0.05) is 17.7 Å². The van der Waals surface area contributed by atoms with Crippen molar-refractivity contribution in [3.05, 3.63) is 71.7 Å². The molecule has 2 aromatic carbocycles. The van der Waals surface area contributed by atoms with Crippen LogP contribution >= 0.6 is 0 Å². The van der Waals surface area contributed by atoms with Crippen LogP contribution in [0.2, 0.25) is 0 Å². The number of β-amino-alcohol motifs (C(OH)–C–C–N with tert-alkyl or cyclic N) is 1. The lowest BCUT2D eigenvalue weighted by atomic mass is 10.1. The lowest BCUT2D eigenvalue weighted by Gasteiger charge is -2.14. The van der Waals surface area contributed by atoms with Gasteiger partial charge in [-0.25, -0.2) is 9.07 Å². The van der Waals surface area contributed by atoms with Gasteiger partial charge in [-0.05, 0) is 49.7 Å². The monoisotopic (exact) mass is 351 g/mol. The van der Waals surface area contributed by atoms with E-state index in [1.165, 1.54) is 17.7 Å². The van der Waals surface area contributed by atoms with Gasteiger partial charge >= 0.3 is 0 Å². The number of rotatable bonds is 4. The normalized spacial score (nSPS) is 17.7. The van der Waals surface area contributed by atoms with Gasteiger partial charge in [-0.2, -0.15) is 5.10 Å². The Labute approximate surface area is 152 Å². The van der Waals surface area contributed by atoms with Gasteiger partial charge in [0.15, 0.2) is 0 Å². The Bertz CT molecular complexity index is 887. The molecule has 26 heavy (non-hydrogen) atoms. The highest BCUT2D eigenvalue weighted by atomic mass is 19.1. The first-order valence-corrected chi connectivity index (χ1v) is 8.90. The Balaban J connectivity index is 1.71. The maximum Gasteiger partial charge on any atom is 0.123 e. The van der Waals surface area contributed by atoms with E-state index >= 15 is 0 Å². The Kier molecular flexibility index (Phi) is 4.57. The third kappa shape index (κ3) is 3.54. The van der Waals surface area contributed by atoms with Crippen molar-refractivity contribution in [3.8, 4) is 16.9 Å². The summed E-state index contributed by atoms with van der Waals surface area (Å²) in [5.41, 5.74) is 5.02. The third-order valence-electron chi connectivity index (χ3n) is 4.85. The van der Waals surface area contributed by atoms with Gasteiger partial charge in [0.05, 0.1) is 17.5 Å². The van der Waals surface area contributed by atoms with Crippen molar-refractivity contribution in [2.24, 2.45) is 0 Å². The topological polar surface area (TPSA) is 41.3 Å². The van der Waals surface area contributed by atoms with Crippen molar-refractivity contribution in [3.63, 3.8) is 0 Å². The Hall–Kier alpha value is -2.50. The largest absolute Gasteiger partial charge is 0.392 e. The van der Waals surface area contributed by atoms with Crippen molar-refractivity contribution >= 4 is 0 Å². The number of likely N-dealkylation sites (tertiary alicyclic amines) is 1. The van der Waals surface area contributed by atoms with E-state index in [0.717, 1.165) is 42.0 Å². The average molecular weight is 351 g/mol. The fourth-order valence-corrected chi connectivity index (χ4v) is 3.40. The van der Waals surface area contributed by atoms with Crippen molar-refractivity contribution in [2.45, 2.75) is 26.0 Å². The summed E-state index contributed by atoms with van der Waals surface area (Å²) >= 11 is 0. The average Bonchev–Trinajstić information content (AvgIpc) is 3.23. The van der Waals surface area contributed by atoms with Gasteiger partial charge < -0.3 is 5.11 Å². The van der Waals surface area contributed by atoms with Crippen LogP contribution in [0.4, 0.5) is 4.39 Å². The van der Waals surface area contributed by atoms with Gasteiger partial charge in [-0.3, -0.25) is 4.90 Å². The maximum absolute atomic E-state index is 13.3. The number of aliphatic hydroxyl groups is 1. The van der Waals surface area contributed by atoms with E-state index in [9.17, 15) is 9.50 Å². The smallest absolute Gasteiger partial charge is 0.123 e. The van der Waals surface area contributed by atoms with Crippen LogP contribution in [0.1, 0.15) is 17.5 Å². The molecule has 1 N–H and O–H groups in total. The van der Waals surface area contributed by atoms with E-state index in [1.807, 2.05) is 23.0 Å². The van der Waals surface area contributed by atoms with Crippen LogP contribution in [0, 0.1) is 12.7 Å². The zero-order valence-electron chi connectivity index (χ0n) is 14.8. The highest BCUT2D eigenvalue weighted by Crippen LogP contribution is 2.26. The van der Waals surface area contributed by atoms with E-state index < -0.39 is 0 Å². The second kappa shape index (κ2) is 7.02. The molecule has 5 heteroatoms. The first-order valence-electron chi connectivity index (χ1n) is 8.90. The molecule has 0 bridgehead atoms. The second-order valence-corrected chi connectivity index (χ2v) is 6.97. The van der Waals surface area contributed by atoms with Gasteiger partial charge in [-0.15, -0.1) is 0 Å². The maximum atomic E-state index is 13.3. The summed E-state index contributed by atoms with van der Waals surface area (Å²) in [4.78, 5) is 2.23. The number of hydrogen-bond acceptors (Lipinski definition) is 3. The standard InChI is InChI=1S/C21H22FN3O/c1-15-2-8-19(9-3-15)25-13-17(12-24-11-10-20(26)14-24)21(23-25)16-4-6-18(22)7-5-16/h2-9,13,20,26H,10-12,14H2,1H3/t20-/m1/s1. The van der Waals surface area contributed by atoms with Crippen molar-refractivity contribution in [2.75, 3.05) is 13.1 Å². The predicted molar refractivity (Wildman–Crippen MR) is 99.6 cm³/mol. The summed E-state index contributed by atoms with van der Waals surface area (Å²) < 4.78 is 15.2. The minimum Gasteiger partial charge on any atom is -0.392 e. The van der Waals surface area contributed by atoms with Crippen LogP contribution in [-0.2, 0) is 6.54 Å². The molecule has 1 fully saturated rings. The van der Waals surface area contributed by atoms with Crippen LogP contribution in [0.5, 0.6) is 0 Å².